The van der Waals surface area contributed by atoms with Gasteiger partial charge in [-0.25, -0.2) is 4.79 Å². The number of carbonyl (C=O) groups excluding carboxylic acids is 1. The molecular weight excluding hydrogens is 272 g/mol. The summed E-state index contributed by atoms with van der Waals surface area (Å²) in [4.78, 5) is 25.1. The topological polar surface area (TPSA) is 89.9 Å². The van der Waals surface area contributed by atoms with E-state index in [4.69, 9.17) is 0 Å². The van der Waals surface area contributed by atoms with Gasteiger partial charge in [0, 0.05) is 19.5 Å². The van der Waals surface area contributed by atoms with E-state index in [1.54, 1.807) is 0 Å². The first-order valence-corrected chi connectivity index (χ1v) is 7.08. The number of carboxylic acid groups (broad SMARTS) is 1. The Morgan fingerprint density at radius 2 is 1.95 bits per heavy atom. The lowest BCUT2D eigenvalue weighted by molar-refractivity contribution is -0.149. The number of hydrogen-bond acceptors (Lipinski definition) is 4. The Hall–Kier alpha value is -1.92. The van der Waals surface area contributed by atoms with Gasteiger partial charge in [-0.2, -0.15) is 0 Å². The Labute approximate surface area is 122 Å². The largest absolute Gasteiger partial charge is 0.480 e. The van der Waals surface area contributed by atoms with Crippen LogP contribution in [0.4, 0.5) is 0 Å². The number of benzene rings is 1. The van der Waals surface area contributed by atoms with Crippen molar-refractivity contribution in [2.75, 3.05) is 6.54 Å². The number of amides is 1. The minimum atomic E-state index is -1.06. The quantitative estimate of drug-likeness (QED) is 0.699. The first-order chi connectivity index (χ1) is 10.1. The number of likely N-dealkylation sites (tertiary alicyclic amines) is 1. The van der Waals surface area contributed by atoms with E-state index in [-0.39, 0.29) is 18.9 Å². The number of carboxylic acids is 1. The van der Waals surface area contributed by atoms with E-state index in [0.717, 1.165) is 11.1 Å². The molecule has 1 amide bonds. The fourth-order valence-corrected chi connectivity index (χ4v) is 3.12. The molecule has 2 heterocycles. The molecule has 3 rings (SSSR count). The van der Waals surface area contributed by atoms with Crippen LogP contribution in [0.3, 0.4) is 0 Å². The Bertz CT molecular complexity index is 575. The summed E-state index contributed by atoms with van der Waals surface area (Å²) in [5.74, 6) is -1.30. The number of aliphatic hydroxyl groups is 1. The van der Waals surface area contributed by atoms with Crippen LogP contribution in [0.25, 0.3) is 0 Å². The summed E-state index contributed by atoms with van der Waals surface area (Å²) in [5, 5.41) is 22.0. The van der Waals surface area contributed by atoms with Crippen LogP contribution in [-0.4, -0.2) is 51.7 Å². The van der Waals surface area contributed by atoms with Gasteiger partial charge in [0.25, 0.3) is 0 Å². The second kappa shape index (κ2) is 5.46. The Kier molecular flexibility index (Phi) is 3.65. The van der Waals surface area contributed by atoms with Crippen LogP contribution in [-0.2, 0) is 22.6 Å². The van der Waals surface area contributed by atoms with Crippen molar-refractivity contribution in [1.29, 1.82) is 0 Å². The smallest absolute Gasteiger partial charge is 0.326 e. The number of carbonyl (C=O) groups is 2. The summed E-state index contributed by atoms with van der Waals surface area (Å²) in [6, 6.07) is 6.55. The van der Waals surface area contributed by atoms with Crippen molar-refractivity contribution in [3.8, 4) is 0 Å². The number of rotatable bonds is 2. The molecule has 0 spiro atoms. The minimum absolute atomic E-state index is 0.0929. The summed E-state index contributed by atoms with van der Waals surface area (Å²) in [5.41, 5.74) is 2.28. The summed E-state index contributed by atoms with van der Waals surface area (Å²) in [7, 11) is 0. The first kappa shape index (κ1) is 14.0. The molecule has 3 N–H and O–H groups in total. The monoisotopic (exact) mass is 290 g/mol. The lowest BCUT2D eigenvalue weighted by Crippen LogP contribution is -2.52. The molecule has 1 saturated heterocycles. The average molecular weight is 290 g/mol. The van der Waals surface area contributed by atoms with Crippen LogP contribution in [0.2, 0.25) is 0 Å². The van der Waals surface area contributed by atoms with Gasteiger partial charge >= 0.3 is 5.97 Å². The zero-order valence-corrected chi connectivity index (χ0v) is 11.5. The number of nitrogens with one attached hydrogen (secondary N) is 1. The van der Waals surface area contributed by atoms with E-state index in [1.165, 1.54) is 4.90 Å². The molecule has 1 aromatic rings. The Morgan fingerprint density at radius 3 is 2.67 bits per heavy atom. The molecule has 112 valence electrons. The standard InChI is InChI=1S/C15H18N2O4/c18-11-6-13(15(20)21)17(8-11)14(19)12-5-9-3-1-2-4-10(9)7-16-12/h1-4,11-13,16,18H,5-8H2,(H,20,21)/t11-,12+,13-/m0/s1. The maximum absolute atomic E-state index is 12.6. The molecule has 0 aliphatic carbocycles. The zero-order chi connectivity index (χ0) is 15.0. The van der Waals surface area contributed by atoms with E-state index in [2.05, 4.69) is 5.32 Å². The SMILES string of the molecule is O=C(O)[C@@H]1C[C@H](O)CN1C(=O)[C@H]1Cc2ccccc2CN1. The van der Waals surface area contributed by atoms with E-state index in [0.29, 0.717) is 13.0 Å². The highest BCUT2D eigenvalue weighted by molar-refractivity contribution is 5.88. The van der Waals surface area contributed by atoms with Crippen molar-refractivity contribution >= 4 is 11.9 Å². The maximum Gasteiger partial charge on any atom is 0.326 e. The molecule has 6 nitrogen and oxygen atoms in total. The lowest BCUT2D eigenvalue weighted by Gasteiger charge is -2.30. The van der Waals surface area contributed by atoms with Gasteiger partial charge < -0.3 is 20.4 Å². The van der Waals surface area contributed by atoms with E-state index in [9.17, 15) is 19.8 Å². The molecule has 6 heteroatoms. The lowest BCUT2D eigenvalue weighted by atomic mass is 9.95. The van der Waals surface area contributed by atoms with Gasteiger partial charge in [0.1, 0.15) is 6.04 Å². The number of fused-ring (bicyclic) bond motifs is 1. The molecule has 1 aromatic carbocycles. The fraction of sp³-hybridized carbons (Fsp3) is 0.467. The van der Waals surface area contributed by atoms with E-state index >= 15 is 0 Å². The third kappa shape index (κ3) is 2.64. The van der Waals surface area contributed by atoms with E-state index < -0.39 is 24.2 Å². The highest BCUT2D eigenvalue weighted by Crippen LogP contribution is 2.22. The minimum Gasteiger partial charge on any atom is -0.480 e. The fourth-order valence-electron chi connectivity index (χ4n) is 3.12. The van der Waals surface area contributed by atoms with Crippen LogP contribution < -0.4 is 5.32 Å². The normalized spacial score (nSPS) is 28.2. The molecule has 0 unspecified atom stereocenters. The first-order valence-electron chi connectivity index (χ1n) is 7.08. The van der Waals surface area contributed by atoms with Gasteiger partial charge in [-0.15, -0.1) is 0 Å². The highest BCUT2D eigenvalue weighted by atomic mass is 16.4. The van der Waals surface area contributed by atoms with Crippen molar-refractivity contribution in [3.05, 3.63) is 35.4 Å². The second-order valence-corrected chi connectivity index (χ2v) is 5.64. The summed E-state index contributed by atoms with van der Waals surface area (Å²) in [6.07, 6.45) is -0.107. The van der Waals surface area contributed by atoms with Crippen LogP contribution in [0.1, 0.15) is 17.5 Å². The molecule has 0 saturated carbocycles. The van der Waals surface area contributed by atoms with Gasteiger partial charge in [-0.1, -0.05) is 24.3 Å². The number of hydrogen-bond donors (Lipinski definition) is 3. The molecule has 0 radical (unpaired) electrons. The van der Waals surface area contributed by atoms with Crippen LogP contribution in [0, 0.1) is 0 Å². The van der Waals surface area contributed by atoms with Crippen LogP contribution >= 0.6 is 0 Å². The second-order valence-electron chi connectivity index (χ2n) is 5.64. The van der Waals surface area contributed by atoms with Gasteiger partial charge in [0.15, 0.2) is 0 Å². The summed E-state index contributed by atoms with van der Waals surface area (Å²) in [6.45, 7) is 0.691. The Morgan fingerprint density at radius 1 is 1.24 bits per heavy atom. The van der Waals surface area contributed by atoms with Crippen LogP contribution in [0.15, 0.2) is 24.3 Å². The third-order valence-corrected chi connectivity index (χ3v) is 4.23. The molecule has 2 aliphatic heterocycles. The predicted octanol–water partition coefficient (Wildman–Crippen LogP) is -0.253. The average Bonchev–Trinajstić information content (AvgIpc) is 2.88. The number of nitrogens with zero attached hydrogens (tertiary/aromatic N) is 1. The third-order valence-electron chi connectivity index (χ3n) is 4.23. The van der Waals surface area contributed by atoms with Gasteiger partial charge in [-0.3, -0.25) is 4.79 Å². The molecule has 3 atom stereocenters. The number of aliphatic hydroxyl groups excluding tert-OH is 1. The van der Waals surface area contributed by atoms with Gasteiger partial charge in [0.05, 0.1) is 12.1 Å². The molecule has 1 fully saturated rings. The van der Waals surface area contributed by atoms with E-state index in [1.807, 2.05) is 24.3 Å². The van der Waals surface area contributed by atoms with Crippen molar-refractivity contribution < 1.29 is 19.8 Å². The van der Waals surface area contributed by atoms with Gasteiger partial charge in [-0.05, 0) is 17.5 Å². The summed E-state index contributed by atoms with van der Waals surface area (Å²) >= 11 is 0. The molecule has 0 aromatic heterocycles. The molecular formula is C15H18N2O4. The zero-order valence-electron chi connectivity index (χ0n) is 11.5. The van der Waals surface area contributed by atoms with Crippen LogP contribution in [0.5, 0.6) is 0 Å². The molecule has 0 bridgehead atoms. The highest BCUT2D eigenvalue weighted by Gasteiger charge is 2.41. The van der Waals surface area contributed by atoms with Crippen molar-refractivity contribution in [3.63, 3.8) is 0 Å². The molecule has 21 heavy (non-hydrogen) atoms. The Balaban J connectivity index is 1.76. The van der Waals surface area contributed by atoms with Crippen molar-refractivity contribution in [2.45, 2.75) is 37.6 Å². The summed E-state index contributed by atoms with van der Waals surface area (Å²) < 4.78 is 0. The maximum atomic E-state index is 12.6. The van der Waals surface area contributed by atoms with Gasteiger partial charge in [0.2, 0.25) is 5.91 Å². The molecule has 2 aliphatic rings. The predicted molar refractivity (Wildman–Crippen MR) is 74.5 cm³/mol. The number of β-amino-alcohol motifs (C(OH)–C–C–N with tert-alkyl or cyclic N) is 1. The van der Waals surface area contributed by atoms with Crippen molar-refractivity contribution in [1.82, 2.24) is 10.2 Å². The van der Waals surface area contributed by atoms with Crippen molar-refractivity contribution in [2.24, 2.45) is 0 Å². The number of aliphatic carboxylic acids is 1.